The summed E-state index contributed by atoms with van der Waals surface area (Å²) in [4.78, 5) is 14.2. The van der Waals surface area contributed by atoms with Gasteiger partial charge in [-0.2, -0.15) is 0 Å². The van der Waals surface area contributed by atoms with Crippen LogP contribution in [0.15, 0.2) is 0 Å². The minimum Gasteiger partial charge on any atom is -0.466 e. The first kappa shape index (κ1) is 14.8. The molecule has 0 aromatic heterocycles. The van der Waals surface area contributed by atoms with Gasteiger partial charge in [0, 0.05) is 25.7 Å². The quantitative estimate of drug-likeness (QED) is 0.680. The van der Waals surface area contributed by atoms with Crippen LogP contribution in [-0.4, -0.2) is 49.7 Å². The summed E-state index contributed by atoms with van der Waals surface area (Å²) in [7, 11) is 0. The zero-order valence-electron chi connectivity index (χ0n) is 12.4. The van der Waals surface area contributed by atoms with Gasteiger partial charge in [-0.05, 0) is 45.1 Å². The Balaban J connectivity index is 1.79. The molecule has 0 spiro atoms. The Bertz CT molecular complexity index is 286. The number of carbonyl (C=O) groups is 1. The van der Waals surface area contributed by atoms with Gasteiger partial charge in [-0.25, -0.2) is 0 Å². The Morgan fingerprint density at radius 2 is 2.16 bits per heavy atom. The SMILES string of the molecule is CCOC(=O)C(C)CN(CC1CC1)CC1CCCN1. The Morgan fingerprint density at radius 3 is 2.74 bits per heavy atom. The lowest BCUT2D eigenvalue weighted by Gasteiger charge is -2.27. The predicted molar refractivity (Wildman–Crippen MR) is 76.0 cm³/mol. The summed E-state index contributed by atoms with van der Waals surface area (Å²) >= 11 is 0. The molecule has 0 bridgehead atoms. The molecule has 1 N–H and O–H groups in total. The summed E-state index contributed by atoms with van der Waals surface area (Å²) in [5, 5.41) is 3.55. The zero-order chi connectivity index (χ0) is 13.7. The van der Waals surface area contributed by atoms with Crippen LogP contribution in [0.4, 0.5) is 0 Å². The van der Waals surface area contributed by atoms with Crippen LogP contribution in [0.3, 0.4) is 0 Å². The van der Waals surface area contributed by atoms with Gasteiger partial charge >= 0.3 is 5.97 Å². The van der Waals surface area contributed by atoms with Crippen molar-refractivity contribution >= 4 is 5.97 Å². The largest absolute Gasteiger partial charge is 0.466 e. The van der Waals surface area contributed by atoms with E-state index in [1.807, 2.05) is 13.8 Å². The Labute approximate surface area is 116 Å². The molecule has 4 nitrogen and oxygen atoms in total. The van der Waals surface area contributed by atoms with Crippen LogP contribution >= 0.6 is 0 Å². The van der Waals surface area contributed by atoms with Crippen molar-refractivity contribution in [3.05, 3.63) is 0 Å². The van der Waals surface area contributed by atoms with E-state index in [1.165, 1.54) is 25.7 Å². The van der Waals surface area contributed by atoms with Gasteiger partial charge < -0.3 is 15.0 Å². The van der Waals surface area contributed by atoms with Gasteiger partial charge in [0.15, 0.2) is 0 Å². The van der Waals surface area contributed by atoms with E-state index in [1.54, 1.807) is 0 Å². The van der Waals surface area contributed by atoms with Crippen molar-refractivity contribution in [1.29, 1.82) is 0 Å². The highest BCUT2D eigenvalue weighted by Crippen LogP contribution is 2.30. The second-order valence-electron chi connectivity index (χ2n) is 6.11. The monoisotopic (exact) mass is 268 g/mol. The molecule has 1 aliphatic carbocycles. The molecule has 1 saturated heterocycles. The first-order valence-corrected chi connectivity index (χ1v) is 7.81. The topological polar surface area (TPSA) is 41.6 Å². The first-order valence-electron chi connectivity index (χ1n) is 7.81. The zero-order valence-corrected chi connectivity index (χ0v) is 12.4. The third kappa shape index (κ3) is 5.11. The number of esters is 1. The van der Waals surface area contributed by atoms with Gasteiger partial charge in [0.2, 0.25) is 0 Å². The van der Waals surface area contributed by atoms with Crippen molar-refractivity contribution in [3.63, 3.8) is 0 Å². The van der Waals surface area contributed by atoms with Gasteiger partial charge in [0.25, 0.3) is 0 Å². The third-order valence-electron chi connectivity index (χ3n) is 4.08. The standard InChI is InChI=1S/C15H28N2O2/c1-3-19-15(18)12(2)9-17(10-13-6-7-13)11-14-5-4-8-16-14/h12-14,16H,3-11H2,1-2H3. The van der Waals surface area contributed by atoms with Crippen LogP contribution in [-0.2, 0) is 9.53 Å². The molecule has 1 aliphatic heterocycles. The van der Waals surface area contributed by atoms with E-state index < -0.39 is 0 Å². The molecule has 2 unspecified atom stereocenters. The molecule has 19 heavy (non-hydrogen) atoms. The van der Waals surface area contributed by atoms with Crippen molar-refractivity contribution < 1.29 is 9.53 Å². The number of hydrogen-bond donors (Lipinski definition) is 1. The lowest BCUT2D eigenvalue weighted by Crippen LogP contribution is -2.42. The molecule has 2 aliphatic rings. The maximum absolute atomic E-state index is 11.8. The average Bonchev–Trinajstić information content (AvgIpc) is 3.03. The molecule has 0 aromatic carbocycles. The molecule has 0 aromatic rings. The van der Waals surface area contributed by atoms with Crippen molar-refractivity contribution in [2.45, 2.75) is 45.6 Å². The van der Waals surface area contributed by atoms with Crippen LogP contribution in [0.2, 0.25) is 0 Å². The highest BCUT2D eigenvalue weighted by atomic mass is 16.5. The number of rotatable bonds is 8. The lowest BCUT2D eigenvalue weighted by molar-refractivity contribution is -0.148. The second kappa shape index (κ2) is 7.25. The van der Waals surface area contributed by atoms with Crippen molar-refractivity contribution in [2.24, 2.45) is 11.8 Å². The van der Waals surface area contributed by atoms with Gasteiger partial charge in [-0.3, -0.25) is 4.79 Å². The van der Waals surface area contributed by atoms with E-state index in [9.17, 15) is 4.79 Å². The van der Waals surface area contributed by atoms with Crippen molar-refractivity contribution in [3.8, 4) is 0 Å². The molecule has 0 radical (unpaired) electrons. The average molecular weight is 268 g/mol. The lowest BCUT2D eigenvalue weighted by atomic mass is 10.1. The summed E-state index contributed by atoms with van der Waals surface area (Å²) in [5.41, 5.74) is 0. The summed E-state index contributed by atoms with van der Waals surface area (Å²) in [6, 6.07) is 0.619. The molecule has 1 heterocycles. The number of nitrogens with zero attached hydrogens (tertiary/aromatic N) is 1. The number of carbonyl (C=O) groups excluding carboxylic acids is 1. The molecule has 2 fully saturated rings. The van der Waals surface area contributed by atoms with Crippen molar-refractivity contribution in [2.75, 3.05) is 32.8 Å². The Morgan fingerprint density at radius 1 is 1.37 bits per heavy atom. The summed E-state index contributed by atoms with van der Waals surface area (Å²) in [6.45, 7) is 8.57. The maximum Gasteiger partial charge on any atom is 0.309 e. The molecule has 0 amide bonds. The first-order chi connectivity index (χ1) is 9.19. The Kier molecular flexibility index (Phi) is 5.64. The third-order valence-corrected chi connectivity index (χ3v) is 4.08. The number of hydrogen-bond acceptors (Lipinski definition) is 4. The molecule has 4 heteroatoms. The van der Waals surface area contributed by atoms with Crippen LogP contribution in [0, 0.1) is 11.8 Å². The minimum absolute atomic E-state index is 0.0138. The van der Waals surface area contributed by atoms with Crippen molar-refractivity contribution in [1.82, 2.24) is 10.2 Å². The number of ether oxygens (including phenoxy) is 1. The molecule has 110 valence electrons. The summed E-state index contributed by atoms with van der Waals surface area (Å²) < 4.78 is 5.11. The Hall–Kier alpha value is -0.610. The fourth-order valence-corrected chi connectivity index (χ4v) is 2.86. The molecule has 2 atom stereocenters. The molecular formula is C15H28N2O2. The smallest absolute Gasteiger partial charge is 0.309 e. The van der Waals surface area contributed by atoms with E-state index in [-0.39, 0.29) is 11.9 Å². The van der Waals surface area contributed by atoms with E-state index in [0.717, 1.165) is 32.1 Å². The van der Waals surface area contributed by atoms with E-state index in [2.05, 4.69) is 10.2 Å². The van der Waals surface area contributed by atoms with Crippen LogP contribution in [0.1, 0.15) is 39.5 Å². The normalized spacial score (nSPS) is 24.7. The minimum atomic E-state index is -0.0531. The molecule has 1 saturated carbocycles. The fourth-order valence-electron chi connectivity index (χ4n) is 2.86. The van der Waals surface area contributed by atoms with Gasteiger partial charge in [-0.1, -0.05) is 6.92 Å². The van der Waals surface area contributed by atoms with Crippen LogP contribution < -0.4 is 5.32 Å². The predicted octanol–water partition coefficient (Wildman–Crippen LogP) is 1.65. The number of nitrogens with one attached hydrogen (secondary N) is 1. The second-order valence-corrected chi connectivity index (χ2v) is 6.11. The van der Waals surface area contributed by atoms with Crippen LogP contribution in [0.5, 0.6) is 0 Å². The van der Waals surface area contributed by atoms with Gasteiger partial charge in [-0.15, -0.1) is 0 Å². The summed E-state index contributed by atoms with van der Waals surface area (Å²) in [6.07, 6.45) is 5.29. The van der Waals surface area contributed by atoms with E-state index >= 15 is 0 Å². The maximum atomic E-state index is 11.8. The fraction of sp³-hybridized carbons (Fsp3) is 0.933. The molecular weight excluding hydrogens is 240 g/mol. The van der Waals surface area contributed by atoms with Crippen LogP contribution in [0.25, 0.3) is 0 Å². The van der Waals surface area contributed by atoms with Gasteiger partial charge in [0.05, 0.1) is 12.5 Å². The summed E-state index contributed by atoms with van der Waals surface area (Å²) in [5.74, 6) is 0.804. The van der Waals surface area contributed by atoms with Gasteiger partial charge in [0.1, 0.15) is 0 Å². The highest BCUT2D eigenvalue weighted by Gasteiger charge is 2.28. The highest BCUT2D eigenvalue weighted by molar-refractivity contribution is 5.72. The van der Waals surface area contributed by atoms with E-state index in [4.69, 9.17) is 4.74 Å². The molecule has 2 rings (SSSR count). The van der Waals surface area contributed by atoms with E-state index in [0.29, 0.717) is 12.6 Å².